The number of hydrogen-bond donors (Lipinski definition) is 0. The Hall–Kier alpha value is -4.10. The van der Waals surface area contributed by atoms with Crippen molar-refractivity contribution in [2.75, 3.05) is 0 Å². The molecular weight excluding hydrogens is 376 g/mol. The van der Waals surface area contributed by atoms with Gasteiger partial charge in [-0.15, -0.1) is 0 Å². The molecule has 1 heteroatoms. The Balaban J connectivity index is 1.52. The van der Waals surface area contributed by atoms with Gasteiger partial charge in [0, 0.05) is 10.9 Å². The molecule has 0 saturated heterocycles. The van der Waals surface area contributed by atoms with Crippen LogP contribution in [-0.2, 0) is 0 Å². The largest absolute Gasteiger partial charge is 0.456 e. The molecule has 0 bridgehead atoms. The Bertz CT molecular complexity index is 1960. The van der Waals surface area contributed by atoms with Crippen LogP contribution in [0.2, 0.25) is 0 Å². The summed E-state index contributed by atoms with van der Waals surface area (Å²) in [6.07, 6.45) is 0. The molecule has 7 rings (SSSR count). The van der Waals surface area contributed by atoms with Crippen molar-refractivity contribution in [1.29, 1.82) is 0 Å². The highest BCUT2D eigenvalue weighted by Gasteiger charge is 2.15. The zero-order valence-corrected chi connectivity index (χ0v) is 16.4. The third-order valence-electron chi connectivity index (χ3n) is 6.13. The first-order valence-electron chi connectivity index (χ1n) is 12.7. The van der Waals surface area contributed by atoms with Gasteiger partial charge in [-0.05, 0) is 55.6 Å². The van der Waals surface area contributed by atoms with Crippen molar-refractivity contribution in [2.24, 2.45) is 0 Å². The smallest absolute Gasteiger partial charge is 0.135 e. The van der Waals surface area contributed by atoms with Gasteiger partial charge in [0.1, 0.15) is 11.3 Å². The summed E-state index contributed by atoms with van der Waals surface area (Å²) >= 11 is 0. The molecule has 0 aliphatic carbocycles. The zero-order valence-electron chi connectivity index (χ0n) is 21.4. The normalized spacial score (nSPS) is 14.1. The van der Waals surface area contributed by atoms with Gasteiger partial charge in [0.15, 0.2) is 0 Å². The van der Waals surface area contributed by atoms with Gasteiger partial charge in [-0.1, -0.05) is 96.9 Å². The molecule has 1 heterocycles. The minimum Gasteiger partial charge on any atom is -0.456 e. The number of fused-ring (bicyclic) bond motifs is 1. The monoisotopic (exact) mass is 399 g/mol. The Morgan fingerprint density at radius 1 is 0.581 bits per heavy atom. The zero-order chi connectivity index (χ0) is 24.7. The van der Waals surface area contributed by atoms with Gasteiger partial charge >= 0.3 is 0 Å². The fraction of sp³-hybridized carbons (Fsp3) is 0. The minimum atomic E-state index is -0.417. The molecule has 0 atom stereocenters. The molecule has 1 aromatic heterocycles. The lowest BCUT2D eigenvalue weighted by Crippen LogP contribution is -1.87. The number of rotatable bonds is 2. The van der Waals surface area contributed by atoms with E-state index in [1.165, 1.54) is 26.9 Å². The summed E-state index contributed by atoms with van der Waals surface area (Å²) in [6, 6.07) is 25.1. The molecule has 6 aromatic carbocycles. The highest BCUT2D eigenvalue weighted by Crippen LogP contribution is 2.42. The molecule has 0 N–H and O–H groups in total. The predicted molar refractivity (Wildman–Crippen MR) is 131 cm³/mol. The van der Waals surface area contributed by atoms with Gasteiger partial charge < -0.3 is 4.42 Å². The summed E-state index contributed by atoms with van der Waals surface area (Å²) in [5.74, 6) is 0.257. The first kappa shape index (κ1) is 12.6. The first-order valence-corrected chi connectivity index (χ1v) is 10.2. The lowest BCUT2D eigenvalue weighted by Gasteiger charge is -2.14. The molecule has 0 amide bonds. The van der Waals surface area contributed by atoms with E-state index in [0.29, 0.717) is 5.58 Å². The van der Waals surface area contributed by atoms with Gasteiger partial charge in [0.2, 0.25) is 0 Å². The van der Waals surface area contributed by atoms with Crippen LogP contribution in [0.1, 0.15) is 6.85 Å². The summed E-state index contributed by atoms with van der Waals surface area (Å²) in [5.41, 5.74) is 2.69. The first-order chi connectivity index (χ1) is 17.4. The highest BCUT2D eigenvalue weighted by atomic mass is 16.3. The molecule has 0 saturated carbocycles. The minimum absolute atomic E-state index is 0.0681. The second-order valence-corrected chi connectivity index (χ2v) is 7.80. The van der Waals surface area contributed by atoms with Gasteiger partial charge in [-0.2, -0.15) is 0 Å². The van der Waals surface area contributed by atoms with E-state index >= 15 is 0 Å². The summed E-state index contributed by atoms with van der Waals surface area (Å²) in [4.78, 5) is 0. The Morgan fingerprint density at radius 3 is 2.10 bits per heavy atom. The molecule has 144 valence electrons. The van der Waals surface area contributed by atoms with Crippen LogP contribution in [-0.4, -0.2) is 0 Å². The fourth-order valence-electron chi connectivity index (χ4n) is 4.76. The average molecular weight is 400 g/mol. The van der Waals surface area contributed by atoms with E-state index in [0.717, 1.165) is 21.9 Å². The van der Waals surface area contributed by atoms with Gasteiger partial charge in [-0.3, -0.25) is 0 Å². The van der Waals surface area contributed by atoms with Crippen molar-refractivity contribution >= 4 is 43.3 Å². The molecule has 0 fully saturated rings. The molecule has 7 aromatic rings. The van der Waals surface area contributed by atoms with Crippen LogP contribution in [0.4, 0.5) is 0 Å². The lowest BCUT2D eigenvalue weighted by atomic mass is 9.89. The maximum atomic E-state index is 8.36. The van der Waals surface area contributed by atoms with Crippen LogP contribution < -0.4 is 0 Å². The van der Waals surface area contributed by atoms with E-state index < -0.39 is 6.04 Å². The molecular formula is C30H18O. The number of benzene rings is 6. The molecule has 0 unspecified atom stereocenters. The van der Waals surface area contributed by atoms with Crippen molar-refractivity contribution in [3.63, 3.8) is 0 Å². The molecule has 31 heavy (non-hydrogen) atoms. The molecule has 0 aliphatic rings. The van der Waals surface area contributed by atoms with Crippen molar-refractivity contribution in [3.8, 4) is 22.5 Å². The van der Waals surface area contributed by atoms with E-state index in [-0.39, 0.29) is 35.5 Å². The standard InChI is InChI=1S/C30H18O/c1-2-6-19(7-3-1)28-18-26-23(10-5-11-27(26)31-28)24-16-14-22-13-12-20-8-4-9-21-15-17-25(24)30(22)29(20)21/h1-18H/i1D,2D,3D,6D,7D. The molecule has 0 radical (unpaired) electrons. The van der Waals surface area contributed by atoms with Crippen LogP contribution in [0.25, 0.3) is 65.7 Å². The van der Waals surface area contributed by atoms with Gasteiger partial charge in [0.05, 0.1) is 6.85 Å². The Kier molecular flexibility index (Phi) is 2.51. The summed E-state index contributed by atoms with van der Waals surface area (Å²) in [5, 5.41) is 8.00. The van der Waals surface area contributed by atoms with Crippen LogP contribution in [0.5, 0.6) is 0 Å². The van der Waals surface area contributed by atoms with E-state index in [9.17, 15) is 0 Å². The molecule has 0 aliphatic heterocycles. The summed E-state index contributed by atoms with van der Waals surface area (Å²) in [7, 11) is 0. The van der Waals surface area contributed by atoms with Crippen LogP contribution in [0.15, 0.2) is 113 Å². The topological polar surface area (TPSA) is 13.1 Å². The Morgan fingerprint density at radius 2 is 1.26 bits per heavy atom. The summed E-state index contributed by atoms with van der Waals surface area (Å²) < 4.78 is 46.8. The second kappa shape index (κ2) is 6.20. The maximum Gasteiger partial charge on any atom is 0.135 e. The van der Waals surface area contributed by atoms with Crippen LogP contribution in [0.3, 0.4) is 0 Å². The predicted octanol–water partition coefficient (Wildman–Crippen LogP) is 8.66. The molecule has 0 spiro atoms. The van der Waals surface area contributed by atoms with E-state index in [2.05, 4.69) is 54.6 Å². The van der Waals surface area contributed by atoms with Crippen LogP contribution >= 0.6 is 0 Å². The summed E-state index contributed by atoms with van der Waals surface area (Å²) in [6.45, 7) is 0. The quantitative estimate of drug-likeness (QED) is 0.265. The number of furan rings is 1. The number of hydrogen-bond acceptors (Lipinski definition) is 1. The van der Waals surface area contributed by atoms with Crippen LogP contribution in [0, 0.1) is 0 Å². The van der Waals surface area contributed by atoms with Gasteiger partial charge in [-0.25, -0.2) is 0 Å². The average Bonchev–Trinajstić information content (AvgIpc) is 3.33. The maximum absolute atomic E-state index is 8.36. The third-order valence-corrected chi connectivity index (χ3v) is 6.13. The van der Waals surface area contributed by atoms with Crippen molar-refractivity contribution in [2.45, 2.75) is 0 Å². The van der Waals surface area contributed by atoms with Gasteiger partial charge in [0.25, 0.3) is 0 Å². The van der Waals surface area contributed by atoms with E-state index in [4.69, 9.17) is 11.3 Å². The third kappa shape index (κ3) is 2.38. The highest BCUT2D eigenvalue weighted by molar-refractivity contribution is 6.26. The van der Waals surface area contributed by atoms with Crippen molar-refractivity contribution in [1.82, 2.24) is 0 Å². The second-order valence-electron chi connectivity index (χ2n) is 7.80. The Labute approximate surface area is 186 Å². The van der Waals surface area contributed by atoms with E-state index in [1.54, 1.807) is 6.07 Å². The van der Waals surface area contributed by atoms with E-state index in [1.807, 2.05) is 18.2 Å². The van der Waals surface area contributed by atoms with Crippen molar-refractivity contribution in [3.05, 3.63) is 109 Å². The fourth-order valence-corrected chi connectivity index (χ4v) is 4.76. The lowest BCUT2D eigenvalue weighted by molar-refractivity contribution is 0.631. The molecule has 1 nitrogen and oxygen atoms in total. The SMILES string of the molecule is [2H]c1c([2H])c([2H])c(-c2cc3c(-c4ccc5ccc6cccc7ccc4c5c67)cccc3o2)c([2H])c1[2H]. The van der Waals surface area contributed by atoms with Crippen molar-refractivity contribution < 1.29 is 11.3 Å².